The van der Waals surface area contributed by atoms with Crippen molar-refractivity contribution in [2.75, 3.05) is 18.8 Å². The Morgan fingerprint density at radius 3 is 2.00 bits per heavy atom. The lowest BCUT2D eigenvalue weighted by Gasteiger charge is -2.34. The summed E-state index contributed by atoms with van der Waals surface area (Å²) in [6, 6.07) is 0.188. The number of rotatable bonds is 7. The molecule has 0 unspecified atom stereocenters. The van der Waals surface area contributed by atoms with Crippen LogP contribution >= 0.6 is 0 Å². The molecule has 7 heteroatoms. The molecular formula is C24H40N2O4S. The Bertz CT molecular complexity index is 727. The van der Waals surface area contributed by atoms with E-state index in [0.29, 0.717) is 29.9 Å². The van der Waals surface area contributed by atoms with Crippen LogP contribution in [0.2, 0.25) is 0 Å². The predicted octanol–water partition coefficient (Wildman–Crippen LogP) is 3.45. The van der Waals surface area contributed by atoms with Gasteiger partial charge in [-0.15, -0.1) is 0 Å². The monoisotopic (exact) mass is 452 g/mol. The van der Waals surface area contributed by atoms with Crippen LogP contribution < -0.4 is 5.32 Å². The molecule has 2 amide bonds. The lowest BCUT2D eigenvalue weighted by atomic mass is 9.84. The number of nitrogens with one attached hydrogen (secondary N) is 1. The summed E-state index contributed by atoms with van der Waals surface area (Å²) in [7, 11) is -2.95. The normalized spacial score (nSPS) is 32.5. The van der Waals surface area contributed by atoms with Gasteiger partial charge in [0.05, 0.1) is 11.0 Å². The molecule has 4 rings (SSSR count). The Morgan fingerprint density at radius 1 is 0.774 bits per heavy atom. The van der Waals surface area contributed by atoms with Crippen LogP contribution in [-0.2, 0) is 19.4 Å². The number of nitrogens with zero attached hydrogens (tertiary/aromatic N) is 1. The highest BCUT2D eigenvalue weighted by Crippen LogP contribution is 2.36. The van der Waals surface area contributed by atoms with E-state index in [2.05, 4.69) is 5.32 Å². The van der Waals surface area contributed by atoms with E-state index in [9.17, 15) is 18.0 Å². The number of likely N-dealkylation sites (tertiary alicyclic amines) is 1. The first-order valence-corrected chi connectivity index (χ1v) is 14.4. The molecule has 0 bridgehead atoms. The summed E-state index contributed by atoms with van der Waals surface area (Å²) in [5.74, 6) is 1.68. The van der Waals surface area contributed by atoms with Crippen LogP contribution in [0.1, 0.15) is 89.9 Å². The first kappa shape index (κ1) is 23.1. The van der Waals surface area contributed by atoms with Gasteiger partial charge < -0.3 is 10.2 Å². The maximum atomic E-state index is 12.7. The van der Waals surface area contributed by atoms with Crippen LogP contribution in [0.25, 0.3) is 0 Å². The molecule has 0 aromatic rings. The number of amides is 2. The molecule has 6 nitrogen and oxygen atoms in total. The zero-order chi connectivity index (χ0) is 21.8. The van der Waals surface area contributed by atoms with Gasteiger partial charge in [-0.2, -0.15) is 0 Å². The highest BCUT2D eigenvalue weighted by molar-refractivity contribution is 7.92. The first-order valence-electron chi connectivity index (χ1n) is 12.7. The fourth-order valence-electron chi connectivity index (χ4n) is 5.85. The molecule has 0 aromatic heterocycles. The summed E-state index contributed by atoms with van der Waals surface area (Å²) in [6.45, 7) is 1.83. The third-order valence-electron chi connectivity index (χ3n) is 8.05. The van der Waals surface area contributed by atoms with Crippen LogP contribution in [0.15, 0.2) is 0 Å². The van der Waals surface area contributed by atoms with Gasteiger partial charge in [-0.3, -0.25) is 9.59 Å². The third-order valence-corrected chi connectivity index (χ3v) is 10.5. The second-order valence-corrected chi connectivity index (χ2v) is 12.9. The van der Waals surface area contributed by atoms with E-state index in [1.807, 2.05) is 4.90 Å². The molecule has 0 aromatic carbocycles. The number of carbonyl (C=O) groups is 2. The third kappa shape index (κ3) is 6.45. The molecule has 176 valence electrons. The van der Waals surface area contributed by atoms with Crippen LogP contribution in [0.4, 0.5) is 0 Å². The molecule has 3 aliphatic carbocycles. The minimum Gasteiger partial charge on any atom is -0.353 e. The highest BCUT2D eigenvalue weighted by atomic mass is 32.2. The summed E-state index contributed by atoms with van der Waals surface area (Å²) in [6.07, 6.45) is 12.8. The van der Waals surface area contributed by atoms with Gasteiger partial charge in [-0.1, -0.05) is 0 Å². The van der Waals surface area contributed by atoms with Crippen molar-refractivity contribution < 1.29 is 18.0 Å². The van der Waals surface area contributed by atoms with Gasteiger partial charge in [0.1, 0.15) is 0 Å². The quantitative estimate of drug-likeness (QED) is 0.641. The second kappa shape index (κ2) is 10.2. The van der Waals surface area contributed by atoms with Crippen molar-refractivity contribution >= 4 is 21.7 Å². The zero-order valence-corrected chi connectivity index (χ0v) is 19.7. The van der Waals surface area contributed by atoms with Gasteiger partial charge in [0, 0.05) is 31.5 Å². The van der Waals surface area contributed by atoms with Gasteiger partial charge in [0.15, 0.2) is 9.84 Å². The van der Waals surface area contributed by atoms with E-state index < -0.39 is 9.84 Å². The van der Waals surface area contributed by atoms with Crippen molar-refractivity contribution in [2.45, 2.75) is 101 Å². The van der Waals surface area contributed by atoms with Crippen LogP contribution in [0, 0.1) is 17.8 Å². The summed E-state index contributed by atoms with van der Waals surface area (Å²) in [5, 5.41) is 3.02. The highest BCUT2D eigenvalue weighted by Gasteiger charge is 2.36. The Balaban J connectivity index is 1.14. The number of piperidine rings is 1. The Labute approximate surface area is 187 Å². The van der Waals surface area contributed by atoms with Gasteiger partial charge >= 0.3 is 0 Å². The molecule has 0 spiro atoms. The smallest absolute Gasteiger partial charge is 0.225 e. The number of sulfone groups is 1. The van der Waals surface area contributed by atoms with Crippen LogP contribution in [0.5, 0.6) is 0 Å². The van der Waals surface area contributed by atoms with E-state index in [1.165, 1.54) is 6.42 Å². The van der Waals surface area contributed by atoms with Crippen molar-refractivity contribution in [2.24, 2.45) is 17.8 Å². The lowest BCUT2D eigenvalue weighted by molar-refractivity contribution is -0.137. The number of hydrogen-bond acceptors (Lipinski definition) is 4. The summed E-state index contributed by atoms with van der Waals surface area (Å²) < 4.78 is 25.0. The summed E-state index contributed by atoms with van der Waals surface area (Å²) in [5.41, 5.74) is 0. The van der Waals surface area contributed by atoms with Crippen molar-refractivity contribution in [3.05, 3.63) is 0 Å². The largest absolute Gasteiger partial charge is 0.353 e. The average molecular weight is 453 g/mol. The molecule has 4 aliphatic rings. The summed E-state index contributed by atoms with van der Waals surface area (Å²) >= 11 is 0. The van der Waals surface area contributed by atoms with E-state index in [4.69, 9.17) is 0 Å². The average Bonchev–Trinajstić information content (AvgIpc) is 3.58. The topological polar surface area (TPSA) is 83.5 Å². The Hall–Kier alpha value is -1.11. The van der Waals surface area contributed by atoms with E-state index in [-0.39, 0.29) is 23.1 Å². The molecule has 1 heterocycles. The molecule has 0 radical (unpaired) electrons. The molecule has 0 atom stereocenters. The molecule has 31 heavy (non-hydrogen) atoms. The molecule has 1 saturated heterocycles. The number of hydrogen-bond donors (Lipinski definition) is 1. The number of carbonyl (C=O) groups excluding carboxylic acids is 2. The zero-order valence-electron chi connectivity index (χ0n) is 18.9. The van der Waals surface area contributed by atoms with Gasteiger partial charge in [0.25, 0.3) is 0 Å². The molecular weight excluding hydrogens is 412 g/mol. The predicted molar refractivity (Wildman–Crippen MR) is 121 cm³/mol. The first-order chi connectivity index (χ1) is 14.9. The van der Waals surface area contributed by atoms with E-state index in [0.717, 1.165) is 90.1 Å². The van der Waals surface area contributed by atoms with E-state index in [1.54, 1.807) is 0 Å². The summed E-state index contributed by atoms with van der Waals surface area (Å²) in [4.78, 5) is 27.3. The minimum absolute atomic E-state index is 0.107. The standard InChI is InChI=1S/C24H40N2O4S/c27-23(16-18-6-12-22(13-7-18)31(29,30)17-19-4-5-19)25-21-10-8-20(9-11-21)24(28)26-14-2-1-3-15-26/h18-22H,1-17H2,(H,25,27). The SMILES string of the molecule is O=C(CC1CCC(S(=O)(=O)CC2CC2)CC1)NC1CCC(C(=O)N2CCCCC2)CC1. The maximum Gasteiger partial charge on any atom is 0.225 e. The van der Waals surface area contributed by atoms with Gasteiger partial charge in [-0.25, -0.2) is 8.42 Å². The molecule has 3 saturated carbocycles. The minimum atomic E-state index is -2.95. The molecule has 1 N–H and O–H groups in total. The molecule has 1 aliphatic heterocycles. The van der Waals surface area contributed by atoms with Crippen molar-refractivity contribution in [3.63, 3.8) is 0 Å². The second-order valence-electron chi connectivity index (χ2n) is 10.6. The Morgan fingerprint density at radius 2 is 1.39 bits per heavy atom. The lowest BCUT2D eigenvalue weighted by Crippen LogP contribution is -2.44. The van der Waals surface area contributed by atoms with Crippen LogP contribution in [0.3, 0.4) is 0 Å². The fraction of sp³-hybridized carbons (Fsp3) is 0.917. The van der Waals surface area contributed by atoms with Crippen molar-refractivity contribution in [1.29, 1.82) is 0 Å². The van der Waals surface area contributed by atoms with Crippen molar-refractivity contribution in [1.82, 2.24) is 10.2 Å². The van der Waals surface area contributed by atoms with Gasteiger partial charge in [-0.05, 0) is 95.3 Å². The van der Waals surface area contributed by atoms with Crippen molar-refractivity contribution in [3.8, 4) is 0 Å². The van der Waals surface area contributed by atoms with E-state index >= 15 is 0 Å². The fourth-order valence-corrected chi connectivity index (χ4v) is 8.10. The van der Waals surface area contributed by atoms with Crippen LogP contribution in [-0.4, -0.2) is 55.3 Å². The molecule has 4 fully saturated rings. The maximum absolute atomic E-state index is 12.7. The van der Waals surface area contributed by atoms with Gasteiger partial charge in [0.2, 0.25) is 11.8 Å². The Kier molecular flexibility index (Phi) is 7.60.